The first kappa shape index (κ1) is 14.7. The van der Waals surface area contributed by atoms with Gasteiger partial charge in [0.25, 0.3) is 0 Å². The van der Waals surface area contributed by atoms with Crippen molar-refractivity contribution in [1.29, 1.82) is 0 Å². The molecule has 3 aromatic rings. The Morgan fingerprint density at radius 3 is 3.00 bits per heavy atom. The molecule has 0 saturated carbocycles. The van der Waals surface area contributed by atoms with E-state index in [1.165, 1.54) is 0 Å². The summed E-state index contributed by atoms with van der Waals surface area (Å²) < 4.78 is 7.24. The summed E-state index contributed by atoms with van der Waals surface area (Å²) in [7, 11) is 0. The molecule has 120 valence electrons. The van der Waals surface area contributed by atoms with Gasteiger partial charge in [-0.15, -0.1) is 5.10 Å². The number of hydrogen-bond donors (Lipinski definition) is 1. The summed E-state index contributed by atoms with van der Waals surface area (Å²) in [4.78, 5) is 12.3. The number of nitrogens with zero attached hydrogens (tertiary/aromatic N) is 3. The minimum atomic E-state index is -0.200. The summed E-state index contributed by atoms with van der Waals surface area (Å²) >= 11 is 5.93. The molecule has 1 aliphatic heterocycles. The molecule has 0 saturated heterocycles. The first-order chi connectivity index (χ1) is 11.7. The fraction of sp³-hybridized carbons (Fsp3) is 0.118. The summed E-state index contributed by atoms with van der Waals surface area (Å²) in [5.41, 5.74) is 3.08. The Balaban J connectivity index is 1.59. The molecule has 1 aromatic heterocycles. The van der Waals surface area contributed by atoms with Crippen LogP contribution in [-0.2, 0) is 17.9 Å². The van der Waals surface area contributed by atoms with Crippen molar-refractivity contribution >= 4 is 23.2 Å². The third-order valence-corrected chi connectivity index (χ3v) is 3.95. The van der Waals surface area contributed by atoms with E-state index in [9.17, 15) is 4.79 Å². The zero-order valence-corrected chi connectivity index (χ0v) is 13.3. The van der Waals surface area contributed by atoms with E-state index in [0.29, 0.717) is 17.3 Å². The lowest BCUT2D eigenvalue weighted by atomic mass is 10.1. The topological polar surface area (TPSA) is 69.0 Å². The average Bonchev–Trinajstić information content (AvgIpc) is 2.98. The minimum Gasteiger partial charge on any atom is -0.486 e. The van der Waals surface area contributed by atoms with Crippen LogP contribution in [0, 0.1) is 0 Å². The van der Waals surface area contributed by atoms with Gasteiger partial charge in [0.15, 0.2) is 0 Å². The van der Waals surface area contributed by atoms with E-state index < -0.39 is 0 Å². The van der Waals surface area contributed by atoms with Crippen molar-refractivity contribution in [2.24, 2.45) is 0 Å². The van der Waals surface area contributed by atoms with Crippen LogP contribution in [0.15, 0.2) is 48.5 Å². The number of aromatic nitrogens is 3. The maximum absolute atomic E-state index is 12.3. The van der Waals surface area contributed by atoms with Crippen LogP contribution in [0.5, 0.6) is 5.75 Å². The lowest BCUT2D eigenvalue weighted by Gasteiger charge is -2.17. The van der Waals surface area contributed by atoms with Crippen LogP contribution in [0.25, 0.3) is 11.3 Å². The molecule has 1 N–H and O–H groups in total. The molecule has 0 bridgehead atoms. The average molecular weight is 341 g/mol. The Bertz CT molecular complexity index is 922. The largest absolute Gasteiger partial charge is 0.486 e. The second-order valence-corrected chi connectivity index (χ2v) is 5.82. The van der Waals surface area contributed by atoms with Gasteiger partial charge < -0.3 is 10.1 Å². The molecule has 0 radical (unpaired) electrons. The molecule has 24 heavy (non-hydrogen) atoms. The number of carbonyl (C=O) groups is 1. The molecular formula is C17H13ClN4O2. The molecule has 0 fully saturated rings. The predicted octanol–water partition coefficient (Wildman–Crippen LogP) is 3.13. The highest BCUT2D eigenvalue weighted by atomic mass is 35.5. The third kappa shape index (κ3) is 2.72. The molecule has 0 unspecified atom stereocenters. The summed E-state index contributed by atoms with van der Waals surface area (Å²) in [5, 5.41) is 11.6. The van der Waals surface area contributed by atoms with Gasteiger partial charge in [-0.1, -0.05) is 35.0 Å². The van der Waals surface area contributed by atoms with Crippen molar-refractivity contribution in [3.8, 4) is 17.0 Å². The lowest BCUT2D eigenvalue weighted by molar-refractivity contribution is -0.116. The maximum Gasteiger partial charge on any atom is 0.246 e. The number of anilines is 1. The van der Waals surface area contributed by atoms with Gasteiger partial charge in [0.05, 0.1) is 5.69 Å². The normalized spacial score (nSPS) is 12.0. The number of ether oxygens (including phenoxy) is 1. The highest BCUT2D eigenvalue weighted by Gasteiger charge is 2.24. The number of carbonyl (C=O) groups excluding carboxylic acids is 1. The molecule has 0 spiro atoms. The van der Waals surface area contributed by atoms with Gasteiger partial charge >= 0.3 is 0 Å². The molecule has 1 aliphatic rings. The van der Waals surface area contributed by atoms with Gasteiger partial charge in [-0.25, -0.2) is 4.68 Å². The van der Waals surface area contributed by atoms with Crippen molar-refractivity contribution in [1.82, 2.24) is 15.0 Å². The van der Waals surface area contributed by atoms with Crippen molar-refractivity contribution in [3.63, 3.8) is 0 Å². The molecule has 2 heterocycles. The van der Waals surface area contributed by atoms with E-state index in [2.05, 4.69) is 15.6 Å². The summed E-state index contributed by atoms with van der Waals surface area (Å²) in [6, 6.07) is 14.7. The standard InChI is InChI=1S/C17H13ClN4O2/c18-11-4-3-5-12(8-11)19-16(23)9-22-17-13-6-1-2-7-15(13)24-10-14(17)20-21-22/h1-8H,9-10H2,(H,19,23). The van der Waals surface area contributed by atoms with Crippen molar-refractivity contribution < 1.29 is 9.53 Å². The van der Waals surface area contributed by atoms with E-state index in [1.54, 1.807) is 28.9 Å². The predicted molar refractivity (Wildman–Crippen MR) is 89.9 cm³/mol. The molecule has 7 heteroatoms. The molecule has 2 aromatic carbocycles. The Morgan fingerprint density at radius 1 is 1.25 bits per heavy atom. The Kier molecular flexibility index (Phi) is 3.66. The smallest absolute Gasteiger partial charge is 0.246 e. The van der Waals surface area contributed by atoms with Crippen molar-refractivity contribution in [2.75, 3.05) is 5.32 Å². The van der Waals surface area contributed by atoms with Crippen molar-refractivity contribution in [2.45, 2.75) is 13.2 Å². The van der Waals surface area contributed by atoms with Crippen LogP contribution in [-0.4, -0.2) is 20.9 Å². The molecular weight excluding hydrogens is 328 g/mol. The van der Waals surface area contributed by atoms with Crippen LogP contribution in [0.2, 0.25) is 5.02 Å². The van der Waals surface area contributed by atoms with E-state index in [1.807, 2.05) is 24.3 Å². The zero-order chi connectivity index (χ0) is 16.5. The number of halogens is 1. The number of nitrogens with one attached hydrogen (secondary N) is 1. The summed E-state index contributed by atoms with van der Waals surface area (Å²) in [6.07, 6.45) is 0. The molecule has 0 atom stereocenters. The second-order valence-electron chi connectivity index (χ2n) is 5.39. The van der Waals surface area contributed by atoms with E-state index >= 15 is 0 Å². The fourth-order valence-corrected chi connectivity index (χ4v) is 2.88. The molecule has 0 aliphatic carbocycles. The van der Waals surface area contributed by atoms with Gasteiger partial charge in [-0.3, -0.25) is 4.79 Å². The monoisotopic (exact) mass is 340 g/mol. The van der Waals surface area contributed by atoms with Gasteiger partial charge in [0.2, 0.25) is 5.91 Å². The maximum atomic E-state index is 12.3. The van der Waals surface area contributed by atoms with Gasteiger partial charge in [-0.2, -0.15) is 0 Å². The van der Waals surface area contributed by atoms with Crippen LogP contribution in [0.4, 0.5) is 5.69 Å². The zero-order valence-electron chi connectivity index (χ0n) is 12.6. The SMILES string of the molecule is O=C(Cn1nnc2c1-c1ccccc1OC2)Nc1cccc(Cl)c1. The van der Waals surface area contributed by atoms with Crippen LogP contribution in [0.3, 0.4) is 0 Å². The molecule has 6 nitrogen and oxygen atoms in total. The number of fused-ring (bicyclic) bond motifs is 3. The van der Waals surface area contributed by atoms with E-state index in [0.717, 1.165) is 22.7 Å². The van der Waals surface area contributed by atoms with E-state index in [-0.39, 0.29) is 12.5 Å². The van der Waals surface area contributed by atoms with Gasteiger partial charge in [0.1, 0.15) is 24.6 Å². The highest BCUT2D eigenvalue weighted by molar-refractivity contribution is 6.30. The second kappa shape index (κ2) is 5.98. The van der Waals surface area contributed by atoms with Crippen molar-refractivity contribution in [3.05, 3.63) is 59.2 Å². The Morgan fingerprint density at radius 2 is 2.12 bits per heavy atom. The van der Waals surface area contributed by atoms with Crippen LogP contribution >= 0.6 is 11.6 Å². The first-order valence-electron chi connectivity index (χ1n) is 7.41. The fourth-order valence-electron chi connectivity index (χ4n) is 2.69. The number of benzene rings is 2. The minimum absolute atomic E-state index is 0.0587. The summed E-state index contributed by atoms with van der Waals surface area (Å²) in [6.45, 7) is 0.408. The number of hydrogen-bond acceptors (Lipinski definition) is 4. The lowest BCUT2D eigenvalue weighted by Crippen LogP contribution is -2.20. The first-order valence-corrected chi connectivity index (χ1v) is 7.78. The quantitative estimate of drug-likeness (QED) is 0.795. The third-order valence-electron chi connectivity index (χ3n) is 3.71. The van der Waals surface area contributed by atoms with Gasteiger partial charge in [0, 0.05) is 16.3 Å². The number of rotatable bonds is 3. The Hall–Kier alpha value is -2.86. The van der Waals surface area contributed by atoms with Gasteiger partial charge in [-0.05, 0) is 30.3 Å². The molecule has 4 rings (SSSR count). The summed E-state index contributed by atoms with van der Waals surface area (Å²) in [5.74, 6) is 0.567. The van der Waals surface area contributed by atoms with E-state index in [4.69, 9.17) is 16.3 Å². The number of para-hydroxylation sites is 1. The highest BCUT2D eigenvalue weighted by Crippen LogP contribution is 2.36. The van der Waals surface area contributed by atoms with Crippen LogP contribution < -0.4 is 10.1 Å². The van der Waals surface area contributed by atoms with Crippen LogP contribution in [0.1, 0.15) is 5.69 Å². The Labute approximate surface area is 143 Å². The number of amides is 1. The molecule has 1 amide bonds.